The molecule has 19 heavy (non-hydrogen) atoms. The fourth-order valence-electron chi connectivity index (χ4n) is 2.10. The van der Waals surface area contributed by atoms with Crippen molar-refractivity contribution in [1.82, 2.24) is 0 Å². The first-order chi connectivity index (χ1) is 9.22. The third kappa shape index (κ3) is 3.14. The molecule has 1 unspecified atom stereocenters. The molecule has 0 aromatic heterocycles. The molecule has 0 spiro atoms. The van der Waals surface area contributed by atoms with E-state index in [1.165, 1.54) is 11.1 Å². The molecule has 1 atom stereocenters. The minimum absolute atomic E-state index is 0.0566. The van der Waals surface area contributed by atoms with Gasteiger partial charge in [0.1, 0.15) is 0 Å². The maximum atomic E-state index is 4.11. The maximum absolute atomic E-state index is 4.11. The van der Waals surface area contributed by atoms with Crippen LogP contribution in [0.15, 0.2) is 79.4 Å². The Morgan fingerprint density at radius 2 is 1.68 bits per heavy atom. The second-order valence-electron chi connectivity index (χ2n) is 4.58. The van der Waals surface area contributed by atoms with E-state index in [4.69, 9.17) is 0 Å². The second kappa shape index (κ2) is 6.05. The van der Waals surface area contributed by atoms with E-state index in [2.05, 4.69) is 61.8 Å². The number of benzene rings is 2. The molecule has 0 heterocycles. The largest absolute Gasteiger partial charge is 0.374 e. The van der Waals surface area contributed by atoms with Gasteiger partial charge >= 0.3 is 0 Å². The summed E-state index contributed by atoms with van der Waals surface area (Å²) in [7, 11) is 0. The number of para-hydroxylation sites is 1. The van der Waals surface area contributed by atoms with Gasteiger partial charge in [0.25, 0.3) is 0 Å². The summed E-state index contributed by atoms with van der Waals surface area (Å²) in [6.07, 6.45) is 1.81. The van der Waals surface area contributed by atoms with Crippen molar-refractivity contribution in [2.75, 3.05) is 5.32 Å². The van der Waals surface area contributed by atoms with Crippen LogP contribution in [-0.2, 0) is 0 Å². The predicted molar refractivity (Wildman–Crippen MR) is 83.3 cm³/mol. The Balaban J connectivity index is 2.35. The molecule has 0 fully saturated rings. The van der Waals surface area contributed by atoms with Gasteiger partial charge in [0.2, 0.25) is 0 Å². The van der Waals surface area contributed by atoms with E-state index in [1.807, 2.05) is 24.3 Å². The number of rotatable bonds is 5. The summed E-state index contributed by atoms with van der Waals surface area (Å²) in [5.41, 5.74) is 4.53. The van der Waals surface area contributed by atoms with Crippen molar-refractivity contribution in [3.05, 3.63) is 90.5 Å². The van der Waals surface area contributed by atoms with Crippen molar-refractivity contribution in [3.63, 3.8) is 0 Å². The van der Waals surface area contributed by atoms with Gasteiger partial charge in [-0.1, -0.05) is 61.7 Å². The van der Waals surface area contributed by atoms with Crippen LogP contribution < -0.4 is 5.32 Å². The van der Waals surface area contributed by atoms with Gasteiger partial charge in [-0.3, -0.25) is 0 Å². The van der Waals surface area contributed by atoms with Gasteiger partial charge in [0, 0.05) is 5.69 Å². The average molecular weight is 249 g/mol. The smallest absolute Gasteiger partial charge is 0.0764 e. The zero-order valence-corrected chi connectivity index (χ0v) is 11.3. The summed E-state index contributed by atoms with van der Waals surface area (Å²) in [4.78, 5) is 0. The molecule has 2 aromatic rings. The molecule has 1 heteroatoms. The Hall–Kier alpha value is -2.28. The van der Waals surface area contributed by atoms with Crippen LogP contribution in [0, 0.1) is 6.92 Å². The Morgan fingerprint density at radius 3 is 2.32 bits per heavy atom. The summed E-state index contributed by atoms with van der Waals surface area (Å²) in [5, 5.41) is 3.52. The molecule has 2 rings (SSSR count). The first kappa shape index (κ1) is 13.2. The number of nitrogens with one attached hydrogen (secondary N) is 1. The lowest BCUT2D eigenvalue weighted by molar-refractivity contribution is 0.931. The molecular formula is C18H19N. The van der Waals surface area contributed by atoms with E-state index in [-0.39, 0.29) is 6.04 Å². The normalized spacial score (nSPS) is 11.6. The number of anilines is 1. The molecule has 0 aliphatic heterocycles. The topological polar surface area (TPSA) is 12.0 Å². The highest BCUT2D eigenvalue weighted by molar-refractivity contribution is 5.50. The molecule has 0 saturated carbocycles. The van der Waals surface area contributed by atoms with Gasteiger partial charge in [-0.05, 0) is 35.8 Å². The van der Waals surface area contributed by atoms with Gasteiger partial charge in [-0.15, -0.1) is 0 Å². The fourth-order valence-corrected chi connectivity index (χ4v) is 2.10. The van der Waals surface area contributed by atoms with E-state index in [9.17, 15) is 0 Å². The van der Waals surface area contributed by atoms with E-state index in [0.717, 1.165) is 11.3 Å². The molecular weight excluding hydrogens is 230 g/mol. The summed E-state index contributed by atoms with van der Waals surface area (Å²) in [5.74, 6) is 0. The Kier molecular flexibility index (Phi) is 4.19. The number of hydrogen-bond acceptors (Lipinski definition) is 1. The van der Waals surface area contributed by atoms with Crippen LogP contribution in [0.5, 0.6) is 0 Å². The van der Waals surface area contributed by atoms with E-state index in [1.54, 1.807) is 0 Å². The van der Waals surface area contributed by atoms with Crippen LogP contribution in [0.25, 0.3) is 0 Å². The monoisotopic (exact) mass is 249 g/mol. The average Bonchev–Trinajstić information content (AvgIpc) is 2.46. The summed E-state index contributed by atoms with van der Waals surface area (Å²) in [6, 6.07) is 18.6. The van der Waals surface area contributed by atoms with Crippen molar-refractivity contribution in [2.24, 2.45) is 0 Å². The van der Waals surface area contributed by atoms with Crippen molar-refractivity contribution in [2.45, 2.75) is 13.0 Å². The van der Waals surface area contributed by atoms with E-state index in [0.29, 0.717) is 0 Å². The zero-order chi connectivity index (χ0) is 13.7. The molecule has 0 amide bonds. The van der Waals surface area contributed by atoms with Crippen molar-refractivity contribution in [3.8, 4) is 0 Å². The second-order valence-corrected chi connectivity index (χ2v) is 4.58. The molecule has 0 bridgehead atoms. The maximum Gasteiger partial charge on any atom is 0.0764 e. The molecule has 0 radical (unpaired) electrons. The SMILES string of the molecule is C=CC(=C)C(Nc1ccccc1)c1ccccc1C. The molecule has 0 aliphatic carbocycles. The molecule has 0 saturated heterocycles. The third-order valence-electron chi connectivity index (χ3n) is 3.22. The minimum atomic E-state index is 0.0566. The quantitative estimate of drug-likeness (QED) is 0.744. The Morgan fingerprint density at radius 1 is 1.05 bits per heavy atom. The fraction of sp³-hybridized carbons (Fsp3) is 0.111. The highest BCUT2D eigenvalue weighted by atomic mass is 14.9. The third-order valence-corrected chi connectivity index (χ3v) is 3.22. The molecule has 96 valence electrons. The minimum Gasteiger partial charge on any atom is -0.374 e. The van der Waals surface area contributed by atoms with Gasteiger partial charge < -0.3 is 5.32 Å². The first-order valence-electron chi connectivity index (χ1n) is 6.40. The highest BCUT2D eigenvalue weighted by Gasteiger charge is 2.14. The highest BCUT2D eigenvalue weighted by Crippen LogP contribution is 2.28. The lowest BCUT2D eigenvalue weighted by atomic mass is 9.95. The van der Waals surface area contributed by atoms with Crippen LogP contribution in [0.4, 0.5) is 5.69 Å². The first-order valence-corrected chi connectivity index (χ1v) is 6.40. The summed E-state index contributed by atoms with van der Waals surface area (Å²) >= 11 is 0. The van der Waals surface area contributed by atoms with Crippen LogP contribution in [0.2, 0.25) is 0 Å². The van der Waals surface area contributed by atoms with Gasteiger partial charge in [0.05, 0.1) is 6.04 Å². The summed E-state index contributed by atoms with van der Waals surface area (Å²) < 4.78 is 0. The lowest BCUT2D eigenvalue weighted by Crippen LogP contribution is -2.13. The van der Waals surface area contributed by atoms with Crippen molar-refractivity contribution in [1.29, 1.82) is 0 Å². The number of aryl methyl sites for hydroxylation is 1. The molecule has 2 aromatic carbocycles. The van der Waals surface area contributed by atoms with Crippen LogP contribution in [-0.4, -0.2) is 0 Å². The van der Waals surface area contributed by atoms with Crippen molar-refractivity contribution >= 4 is 5.69 Å². The van der Waals surface area contributed by atoms with Gasteiger partial charge in [-0.2, -0.15) is 0 Å². The summed E-state index contributed by atoms with van der Waals surface area (Å²) in [6.45, 7) is 10.1. The molecule has 1 nitrogen and oxygen atoms in total. The van der Waals surface area contributed by atoms with Gasteiger partial charge in [0.15, 0.2) is 0 Å². The van der Waals surface area contributed by atoms with Crippen LogP contribution in [0.3, 0.4) is 0 Å². The molecule has 1 N–H and O–H groups in total. The standard InChI is InChI=1S/C18H19N/c1-4-14(2)18(17-13-9-8-10-15(17)3)19-16-11-6-5-7-12-16/h4-13,18-19H,1-2H2,3H3. The van der Waals surface area contributed by atoms with Gasteiger partial charge in [-0.25, -0.2) is 0 Å². The zero-order valence-electron chi connectivity index (χ0n) is 11.3. The Labute approximate surface area is 115 Å². The van der Waals surface area contributed by atoms with Crippen LogP contribution in [0.1, 0.15) is 17.2 Å². The predicted octanol–water partition coefficient (Wildman–Crippen LogP) is 4.89. The molecule has 0 aliphatic rings. The number of hydrogen-bond donors (Lipinski definition) is 1. The Bertz CT molecular complexity index is 569. The lowest BCUT2D eigenvalue weighted by Gasteiger charge is -2.22. The van der Waals surface area contributed by atoms with E-state index < -0.39 is 0 Å². The van der Waals surface area contributed by atoms with Crippen LogP contribution >= 0.6 is 0 Å². The van der Waals surface area contributed by atoms with E-state index >= 15 is 0 Å². The van der Waals surface area contributed by atoms with Crippen molar-refractivity contribution < 1.29 is 0 Å².